The summed E-state index contributed by atoms with van der Waals surface area (Å²) in [5.74, 6) is 0.824. The molecule has 0 aliphatic carbocycles. The van der Waals surface area contributed by atoms with Crippen LogP contribution in [0, 0.1) is 6.07 Å². The van der Waals surface area contributed by atoms with E-state index < -0.39 is 0 Å². The molecule has 65 valence electrons. The Labute approximate surface area is 73.8 Å². The Morgan fingerprint density at radius 2 is 2.25 bits per heavy atom. The molecule has 0 fully saturated rings. The van der Waals surface area contributed by atoms with Crippen LogP contribution in [0.5, 0.6) is 5.75 Å². The van der Waals surface area contributed by atoms with Gasteiger partial charge >= 0.3 is 0 Å². The van der Waals surface area contributed by atoms with Crippen molar-refractivity contribution >= 4 is 5.69 Å². The summed E-state index contributed by atoms with van der Waals surface area (Å²) >= 11 is 0. The molecule has 0 aromatic heterocycles. The van der Waals surface area contributed by atoms with Crippen LogP contribution in [0.2, 0.25) is 0 Å². The molecule has 0 atom stereocenters. The molecule has 0 unspecified atom stereocenters. The molecule has 0 aliphatic heterocycles. The molecule has 1 rings (SSSR count). The van der Waals surface area contributed by atoms with Crippen molar-refractivity contribution in [3.8, 4) is 5.75 Å². The third-order valence-electron chi connectivity index (χ3n) is 1.57. The smallest absolute Gasteiger partial charge is 0.150 e. The minimum Gasteiger partial charge on any atom is -0.491 e. The normalized spacial score (nSPS) is 9.58. The SMILES string of the molecule is CCOc1[c]cccc1N(C)C. The number of anilines is 1. The van der Waals surface area contributed by atoms with E-state index in [-0.39, 0.29) is 0 Å². The molecule has 12 heavy (non-hydrogen) atoms. The molecule has 0 saturated heterocycles. The van der Waals surface area contributed by atoms with Crippen LogP contribution in [0.15, 0.2) is 18.2 Å². The Kier molecular flexibility index (Phi) is 2.97. The van der Waals surface area contributed by atoms with E-state index in [1.807, 2.05) is 44.1 Å². The summed E-state index contributed by atoms with van der Waals surface area (Å²) in [6.07, 6.45) is 0. The first-order chi connectivity index (χ1) is 5.75. The van der Waals surface area contributed by atoms with E-state index in [1.165, 1.54) is 0 Å². The maximum absolute atomic E-state index is 5.40. The standard InChI is InChI=1S/C10H14NO/c1-4-12-10-8-6-5-7-9(10)11(2)3/h5-7H,4H2,1-3H3. The Bertz CT molecular complexity index is 245. The average molecular weight is 164 g/mol. The highest BCUT2D eigenvalue weighted by atomic mass is 16.5. The maximum atomic E-state index is 5.40. The van der Waals surface area contributed by atoms with Crippen LogP contribution in [-0.2, 0) is 0 Å². The van der Waals surface area contributed by atoms with E-state index in [0.29, 0.717) is 6.61 Å². The van der Waals surface area contributed by atoms with Crippen molar-refractivity contribution < 1.29 is 4.74 Å². The molecule has 1 aromatic carbocycles. The lowest BCUT2D eigenvalue weighted by atomic mass is 10.3. The Morgan fingerprint density at radius 3 is 2.83 bits per heavy atom. The monoisotopic (exact) mass is 164 g/mol. The van der Waals surface area contributed by atoms with Gasteiger partial charge in [-0.05, 0) is 13.0 Å². The second kappa shape index (κ2) is 4.00. The van der Waals surface area contributed by atoms with Crippen LogP contribution >= 0.6 is 0 Å². The largest absolute Gasteiger partial charge is 0.491 e. The molecule has 1 aromatic rings. The molecule has 0 aliphatic rings. The Hall–Kier alpha value is -1.18. The summed E-state index contributed by atoms with van der Waals surface area (Å²) < 4.78 is 5.40. The van der Waals surface area contributed by atoms with E-state index in [9.17, 15) is 0 Å². The lowest BCUT2D eigenvalue weighted by Gasteiger charge is -2.16. The lowest BCUT2D eigenvalue weighted by molar-refractivity contribution is 0.340. The molecule has 2 nitrogen and oxygen atoms in total. The predicted octanol–water partition coefficient (Wildman–Crippen LogP) is 1.95. The number of para-hydroxylation sites is 1. The van der Waals surface area contributed by atoms with Crippen LogP contribution in [-0.4, -0.2) is 20.7 Å². The van der Waals surface area contributed by atoms with Crippen molar-refractivity contribution in [1.29, 1.82) is 0 Å². The molecule has 0 bridgehead atoms. The molecule has 0 amide bonds. The zero-order valence-electron chi connectivity index (χ0n) is 7.79. The van der Waals surface area contributed by atoms with E-state index in [0.717, 1.165) is 11.4 Å². The van der Waals surface area contributed by atoms with Crippen molar-refractivity contribution in [2.45, 2.75) is 6.92 Å². The van der Waals surface area contributed by atoms with Gasteiger partial charge in [-0.15, -0.1) is 0 Å². The lowest BCUT2D eigenvalue weighted by Crippen LogP contribution is -2.10. The van der Waals surface area contributed by atoms with Gasteiger partial charge in [0.15, 0.2) is 0 Å². The molecule has 0 heterocycles. The summed E-state index contributed by atoms with van der Waals surface area (Å²) in [6, 6.07) is 8.89. The topological polar surface area (TPSA) is 12.5 Å². The van der Waals surface area contributed by atoms with Gasteiger partial charge in [-0.2, -0.15) is 0 Å². The molecule has 0 N–H and O–H groups in total. The van der Waals surface area contributed by atoms with Crippen molar-refractivity contribution in [2.24, 2.45) is 0 Å². The number of nitrogens with zero attached hydrogens (tertiary/aromatic N) is 1. The van der Waals surface area contributed by atoms with Gasteiger partial charge in [-0.25, -0.2) is 0 Å². The zero-order valence-corrected chi connectivity index (χ0v) is 7.79. The number of benzene rings is 1. The molecular formula is C10H14NO. The summed E-state index contributed by atoms with van der Waals surface area (Å²) in [5, 5.41) is 0. The molecule has 0 saturated carbocycles. The second-order valence-corrected chi connectivity index (χ2v) is 2.71. The van der Waals surface area contributed by atoms with Gasteiger partial charge in [0.1, 0.15) is 5.75 Å². The fraction of sp³-hybridized carbons (Fsp3) is 0.400. The summed E-state index contributed by atoms with van der Waals surface area (Å²) in [5.41, 5.74) is 1.07. The third-order valence-corrected chi connectivity index (χ3v) is 1.57. The molecule has 2 heteroatoms. The Morgan fingerprint density at radius 1 is 1.50 bits per heavy atom. The Balaban J connectivity index is 2.92. The highest BCUT2D eigenvalue weighted by molar-refractivity contribution is 5.56. The zero-order chi connectivity index (χ0) is 8.97. The van der Waals surface area contributed by atoms with Gasteiger partial charge in [0.2, 0.25) is 0 Å². The number of hydrogen-bond donors (Lipinski definition) is 0. The fourth-order valence-electron chi connectivity index (χ4n) is 1.02. The van der Waals surface area contributed by atoms with Crippen LogP contribution in [0.25, 0.3) is 0 Å². The maximum Gasteiger partial charge on any atom is 0.150 e. The van der Waals surface area contributed by atoms with Crippen molar-refractivity contribution in [3.05, 3.63) is 24.3 Å². The third kappa shape index (κ3) is 1.91. The van der Waals surface area contributed by atoms with Gasteiger partial charge in [0, 0.05) is 20.2 Å². The van der Waals surface area contributed by atoms with Gasteiger partial charge in [0.05, 0.1) is 12.3 Å². The van der Waals surface area contributed by atoms with Crippen LogP contribution < -0.4 is 9.64 Å². The molecule has 1 radical (unpaired) electrons. The van der Waals surface area contributed by atoms with Crippen molar-refractivity contribution in [3.63, 3.8) is 0 Å². The second-order valence-electron chi connectivity index (χ2n) is 2.71. The first kappa shape index (κ1) is 8.91. The van der Waals surface area contributed by atoms with Gasteiger partial charge < -0.3 is 9.64 Å². The molecular weight excluding hydrogens is 150 g/mol. The van der Waals surface area contributed by atoms with Crippen molar-refractivity contribution in [2.75, 3.05) is 25.6 Å². The first-order valence-corrected chi connectivity index (χ1v) is 4.06. The van der Waals surface area contributed by atoms with Gasteiger partial charge in [-0.1, -0.05) is 12.1 Å². The minimum atomic E-state index is 0.682. The highest BCUT2D eigenvalue weighted by Crippen LogP contribution is 2.24. The highest BCUT2D eigenvalue weighted by Gasteiger charge is 2.02. The van der Waals surface area contributed by atoms with Crippen LogP contribution in [0.4, 0.5) is 5.69 Å². The fourth-order valence-corrected chi connectivity index (χ4v) is 1.02. The van der Waals surface area contributed by atoms with E-state index in [2.05, 4.69) is 6.07 Å². The average Bonchev–Trinajstić information content (AvgIpc) is 2.05. The number of hydrogen-bond acceptors (Lipinski definition) is 2. The molecule has 0 spiro atoms. The van der Waals surface area contributed by atoms with Crippen LogP contribution in [0.1, 0.15) is 6.92 Å². The van der Waals surface area contributed by atoms with Crippen LogP contribution in [0.3, 0.4) is 0 Å². The predicted molar refractivity (Wildman–Crippen MR) is 50.8 cm³/mol. The van der Waals surface area contributed by atoms with E-state index in [4.69, 9.17) is 4.74 Å². The summed E-state index contributed by atoms with van der Waals surface area (Å²) in [6.45, 7) is 2.65. The van der Waals surface area contributed by atoms with E-state index >= 15 is 0 Å². The van der Waals surface area contributed by atoms with Gasteiger partial charge in [0.25, 0.3) is 0 Å². The number of rotatable bonds is 3. The van der Waals surface area contributed by atoms with E-state index in [1.54, 1.807) is 0 Å². The quantitative estimate of drug-likeness (QED) is 0.677. The summed E-state index contributed by atoms with van der Waals surface area (Å²) in [4.78, 5) is 2.02. The first-order valence-electron chi connectivity index (χ1n) is 4.06. The minimum absolute atomic E-state index is 0.682. The number of ether oxygens (including phenoxy) is 1. The van der Waals surface area contributed by atoms with Gasteiger partial charge in [-0.3, -0.25) is 0 Å². The van der Waals surface area contributed by atoms with Crippen molar-refractivity contribution in [1.82, 2.24) is 0 Å². The summed E-state index contributed by atoms with van der Waals surface area (Å²) in [7, 11) is 3.98.